The second-order valence-electron chi connectivity index (χ2n) is 4.79. The smallest absolute Gasteiger partial charge is 0.00596 e. The summed E-state index contributed by atoms with van der Waals surface area (Å²) in [6.45, 7) is 4.71. The minimum absolute atomic E-state index is 0.950. The van der Waals surface area contributed by atoms with E-state index >= 15 is 0 Å². The molecular weight excluding hydrogens is 224 g/mol. The SMILES string of the molecule is CCC(C)CC1CCC(CBr)CC1. The lowest BCUT2D eigenvalue weighted by atomic mass is 9.78. The zero-order valence-corrected chi connectivity index (χ0v) is 10.6. The van der Waals surface area contributed by atoms with Gasteiger partial charge in [-0.1, -0.05) is 49.0 Å². The van der Waals surface area contributed by atoms with Crippen molar-refractivity contribution in [2.24, 2.45) is 17.8 Å². The molecule has 0 aromatic rings. The van der Waals surface area contributed by atoms with Crippen molar-refractivity contribution in [3.8, 4) is 0 Å². The van der Waals surface area contributed by atoms with Crippen molar-refractivity contribution in [2.75, 3.05) is 5.33 Å². The first-order valence-corrected chi connectivity index (χ1v) is 6.94. The largest absolute Gasteiger partial charge is 0.0925 e. The van der Waals surface area contributed by atoms with E-state index in [0.717, 1.165) is 17.8 Å². The molecule has 1 unspecified atom stereocenters. The summed E-state index contributed by atoms with van der Waals surface area (Å²) in [5.41, 5.74) is 0. The maximum Gasteiger partial charge on any atom is 0.00596 e. The van der Waals surface area contributed by atoms with Crippen molar-refractivity contribution in [3.63, 3.8) is 0 Å². The first-order valence-electron chi connectivity index (χ1n) is 5.82. The summed E-state index contributed by atoms with van der Waals surface area (Å²) in [7, 11) is 0. The topological polar surface area (TPSA) is 0 Å². The lowest BCUT2D eigenvalue weighted by Gasteiger charge is -2.28. The summed E-state index contributed by atoms with van der Waals surface area (Å²) in [4.78, 5) is 0. The Balaban J connectivity index is 2.17. The van der Waals surface area contributed by atoms with Gasteiger partial charge in [0.25, 0.3) is 0 Å². The van der Waals surface area contributed by atoms with Gasteiger partial charge in [-0.3, -0.25) is 0 Å². The van der Waals surface area contributed by atoms with Crippen LogP contribution in [0, 0.1) is 17.8 Å². The fourth-order valence-electron chi connectivity index (χ4n) is 2.36. The summed E-state index contributed by atoms with van der Waals surface area (Å²) >= 11 is 3.60. The van der Waals surface area contributed by atoms with Gasteiger partial charge in [-0.05, 0) is 37.0 Å². The van der Waals surface area contributed by atoms with Crippen molar-refractivity contribution in [2.45, 2.75) is 52.4 Å². The predicted octanol–water partition coefficient (Wildman–Crippen LogP) is 4.62. The molecule has 1 aliphatic rings. The summed E-state index contributed by atoms with van der Waals surface area (Å²) in [5.74, 6) is 2.98. The Bertz CT molecular complexity index is 125. The Morgan fingerprint density at radius 3 is 2.15 bits per heavy atom. The predicted molar refractivity (Wildman–Crippen MR) is 63.3 cm³/mol. The molecule has 0 N–H and O–H groups in total. The van der Waals surface area contributed by atoms with Crippen LogP contribution in [0.3, 0.4) is 0 Å². The molecule has 1 heteroatoms. The number of rotatable bonds is 4. The molecule has 1 saturated carbocycles. The fourth-order valence-corrected chi connectivity index (χ4v) is 3.00. The maximum atomic E-state index is 3.60. The van der Waals surface area contributed by atoms with Gasteiger partial charge in [0.15, 0.2) is 0 Å². The monoisotopic (exact) mass is 246 g/mol. The molecule has 0 bridgehead atoms. The van der Waals surface area contributed by atoms with Crippen molar-refractivity contribution < 1.29 is 0 Å². The maximum absolute atomic E-state index is 3.60. The van der Waals surface area contributed by atoms with Crippen LogP contribution in [-0.4, -0.2) is 5.33 Å². The van der Waals surface area contributed by atoms with Crippen LogP contribution in [-0.2, 0) is 0 Å². The molecule has 0 amide bonds. The van der Waals surface area contributed by atoms with E-state index in [1.807, 2.05) is 0 Å². The molecule has 0 aromatic carbocycles. The number of hydrogen-bond acceptors (Lipinski definition) is 0. The third-order valence-electron chi connectivity index (χ3n) is 3.62. The summed E-state index contributed by atoms with van der Waals surface area (Å²) in [6, 6.07) is 0. The van der Waals surface area contributed by atoms with E-state index in [1.54, 1.807) is 0 Å². The molecule has 0 nitrogen and oxygen atoms in total. The van der Waals surface area contributed by atoms with Crippen molar-refractivity contribution in [1.29, 1.82) is 0 Å². The number of alkyl halides is 1. The Kier molecular flexibility index (Phi) is 5.38. The second-order valence-corrected chi connectivity index (χ2v) is 5.44. The normalized spacial score (nSPS) is 31.6. The molecule has 0 aromatic heterocycles. The first kappa shape index (κ1) is 11.6. The van der Waals surface area contributed by atoms with Crippen LogP contribution in [0.15, 0.2) is 0 Å². The van der Waals surface area contributed by atoms with E-state index in [2.05, 4.69) is 29.8 Å². The molecule has 0 heterocycles. The summed E-state index contributed by atoms with van der Waals surface area (Å²) in [6.07, 6.45) is 8.74. The zero-order chi connectivity index (χ0) is 9.68. The minimum Gasteiger partial charge on any atom is -0.0925 e. The van der Waals surface area contributed by atoms with E-state index in [-0.39, 0.29) is 0 Å². The van der Waals surface area contributed by atoms with Gasteiger partial charge in [0.1, 0.15) is 0 Å². The van der Waals surface area contributed by atoms with Crippen LogP contribution in [0.1, 0.15) is 52.4 Å². The standard InChI is InChI=1S/C12H23Br/c1-3-10(2)8-11-4-6-12(9-13)7-5-11/h10-12H,3-9H2,1-2H3. The van der Waals surface area contributed by atoms with E-state index in [9.17, 15) is 0 Å². The molecule has 0 saturated heterocycles. The van der Waals surface area contributed by atoms with Crippen LogP contribution in [0.25, 0.3) is 0 Å². The van der Waals surface area contributed by atoms with Gasteiger partial charge in [0.2, 0.25) is 0 Å². The van der Waals surface area contributed by atoms with Crippen LogP contribution in [0.4, 0.5) is 0 Å². The molecule has 0 aliphatic heterocycles. The third-order valence-corrected chi connectivity index (χ3v) is 4.53. The van der Waals surface area contributed by atoms with Crippen molar-refractivity contribution >= 4 is 15.9 Å². The molecule has 1 rings (SSSR count). The Morgan fingerprint density at radius 1 is 1.15 bits per heavy atom. The third kappa shape index (κ3) is 4.01. The number of halogens is 1. The molecule has 13 heavy (non-hydrogen) atoms. The van der Waals surface area contributed by atoms with Crippen LogP contribution in [0.2, 0.25) is 0 Å². The highest BCUT2D eigenvalue weighted by molar-refractivity contribution is 9.09. The molecule has 1 aliphatic carbocycles. The average Bonchev–Trinajstić information content (AvgIpc) is 2.19. The average molecular weight is 247 g/mol. The Labute approximate surface area is 91.6 Å². The molecular formula is C12H23Br. The lowest BCUT2D eigenvalue weighted by Crippen LogP contribution is -2.17. The molecule has 78 valence electrons. The highest BCUT2D eigenvalue weighted by Gasteiger charge is 2.21. The lowest BCUT2D eigenvalue weighted by molar-refractivity contribution is 0.252. The molecule has 1 fully saturated rings. The van der Waals surface area contributed by atoms with Gasteiger partial charge in [0.05, 0.1) is 0 Å². The molecule has 0 radical (unpaired) electrons. The first-order chi connectivity index (χ1) is 6.26. The van der Waals surface area contributed by atoms with Gasteiger partial charge in [-0.25, -0.2) is 0 Å². The van der Waals surface area contributed by atoms with Crippen LogP contribution >= 0.6 is 15.9 Å². The van der Waals surface area contributed by atoms with E-state index in [0.29, 0.717) is 0 Å². The highest BCUT2D eigenvalue weighted by atomic mass is 79.9. The summed E-state index contributed by atoms with van der Waals surface area (Å²) in [5, 5.41) is 1.23. The van der Waals surface area contributed by atoms with Gasteiger partial charge >= 0.3 is 0 Å². The van der Waals surface area contributed by atoms with E-state index in [4.69, 9.17) is 0 Å². The zero-order valence-electron chi connectivity index (χ0n) is 9.06. The second kappa shape index (κ2) is 6.06. The highest BCUT2D eigenvalue weighted by Crippen LogP contribution is 2.33. The molecule has 0 spiro atoms. The van der Waals surface area contributed by atoms with E-state index < -0.39 is 0 Å². The molecule has 1 atom stereocenters. The van der Waals surface area contributed by atoms with E-state index in [1.165, 1.54) is 43.9 Å². The minimum atomic E-state index is 0.950. The Morgan fingerprint density at radius 2 is 1.69 bits per heavy atom. The van der Waals surface area contributed by atoms with Gasteiger partial charge in [-0.2, -0.15) is 0 Å². The van der Waals surface area contributed by atoms with Crippen LogP contribution in [0.5, 0.6) is 0 Å². The van der Waals surface area contributed by atoms with Gasteiger partial charge in [0, 0.05) is 5.33 Å². The van der Waals surface area contributed by atoms with Crippen LogP contribution < -0.4 is 0 Å². The van der Waals surface area contributed by atoms with Gasteiger partial charge < -0.3 is 0 Å². The summed E-state index contributed by atoms with van der Waals surface area (Å²) < 4.78 is 0. The van der Waals surface area contributed by atoms with Crippen molar-refractivity contribution in [3.05, 3.63) is 0 Å². The quantitative estimate of drug-likeness (QED) is 0.635. The van der Waals surface area contributed by atoms with Gasteiger partial charge in [-0.15, -0.1) is 0 Å². The van der Waals surface area contributed by atoms with Crippen molar-refractivity contribution in [1.82, 2.24) is 0 Å². The fraction of sp³-hybridized carbons (Fsp3) is 1.00. The Hall–Kier alpha value is 0.480. The number of hydrogen-bond donors (Lipinski definition) is 0.